The molecular weight excluding hydrogens is 480 g/mol. The predicted octanol–water partition coefficient (Wildman–Crippen LogP) is 8.06. The van der Waals surface area contributed by atoms with E-state index in [1.165, 1.54) is 5.39 Å². The number of para-hydroxylation sites is 3. The van der Waals surface area contributed by atoms with Crippen molar-refractivity contribution in [1.29, 1.82) is 0 Å². The Morgan fingerprint density at radius 1 is 0.649 bits per heavy atom. The third-order valence-corrected chi connectivity index (χ3v) is 7.25. The van der Waals surface area contributed by atoms with Crippen LogP contribution in [-0.2, 0) is 0 Å². The maximum Gasteiger partial charge on any atom is 0.155 e. The van der Waals surface area contributed by atoms with Crippen LogP contribution in [0.25, 0.3) is 77.8 Å². The number of aromatic amines is 4. The molecule has 4 aromatic heterocycles. The van der Waals surface area contributed by atoms with Crippen LogP contribution in [0.1, 0.15) is 0 Å². The fraction of sp³-hybridized carbons (Fsp3) is 0. The number of hydrogen-bond acceptors (Lipinski definition) is 2. The van der Waals surface area contributed by atoms with Gasteiger partial charge in [-0.15, -0.1) is 0 Å². The zero-order chi connectivity index (χ0) is 24.5. The van der Waals surface area contributed by atoms with Gasteiger partial charge in [-0.1, -0.05) is 60.1 Å². The molecule has 4 heterocycles. The van der Waals surface area contributed by atoms with Gasteiger partial charge in [0.25, 0.3) is 0 Å². The Morgan fingerprint density at radius 3 is 2.41 bits per heavy atom. The van der Waals surface area contributed by atoms with E-state index in [-0.39, 0.29) is 0 Å². The van der Waals surface area contributed by atoms with E-state index in [0.717, 1.165) is 72.4 Å². The van der Waals surface area contributed by atoms with Gasteiger partial charge >= 0.3 is 0 Å². The second-order valence-corrected chi connectivity index (χ2v) is 9.67. The number of nitrogens with zero attached hydrogens (tertiary/aromatic N) is 2. The van der Waals surface area contributed by atoms with E-state index in [9.17, 15) is 0 Å². The quantitative estimate of drug-likeness (QED) is 0.198. The van der Waals surface area contributed by atoms with Crippen LogP contribution in [0.3, 0.4) is 0 Å². The molecule has 0 unspecified atom stereocenters. The van der Waals surface area contributed by atoms with E-state index in [4.69, 9.17) is 16.6 Å². The highest BCUT2D eigenvalue weighted by Gasteiger charge is 2.21. The molecular formula is C30H19ClN6. The average molecular weight is 499 g/mol. The van der Waals surface area contributed by atoms with Gasteiger partial charge in [-0.2, -0.15) is 0 Å². The molecule has 4 aromatic carbocycles. The number of fused-ring (bicyclic) bond motifs is 4. The van der Waals surface area contributed by atoms with Crippen molar-refractivity contribution in [1.82, 2.24) is 29.9 Å². The lowest BCUT2D eigenvalue weighted by Crippen LogP contribution is -1.86. The molecule has 0 bridgehead atoms. The molecule has 0 aliphatic carbocycles. The van der Waals surface area contributed by atoms with Crippen molar-refractivity contribution in [3.63, 3.8) is 0 Å². The van der Waals surface area contributed by atoms with Crippen molar-refractivity contribution >= 4 is 55.5 Å². The lowest BCUT2D eigenvalue weighted by molar-refractivity contribution is 1.28. The van der Waals surface area contributed by atoms with E-state index in [0.29, 0.717) is 5.02 Å². The fourth-order valence-corrected chi connectivity index (χ4v) is 5.61. The van der Waals surface area contributed by atoms with Crippen molar-refractivity contribution in [2.75, 3.05) is 0 Å². The normalized spacial score (nSPS) is 11.9. The maximum atomic E-state index is 6.47. The van der Waals surface area contributed by atoms with Gasteiger partial charge in [0, 0.05) is 49.2 Å². The lowest BCUT2D eigenvalue weighted by atomic mass is 10.0. The van der Waals surface area contributed by atoms with Crippen molar-refractivity contribution in [2.24, 2.45) is 0 Å². The Hall–Kier alpha value is -4.81. The first-order valence-corrected chi connectivity index (χ1v) is 12.4. The van der Waals surface area contributed by atoms with Gasteiger partial charge in [0.05, 0.1) is 34.1 Å². The molecule has 0 fully saturated rings. The van der Waals surface area contributed by atoms with E-state index in [2.05, 4.69) is 73.5 Å². The SMILES string of the molecule is Clc1cc(-c2cccc3[nH]c(-c4[nH]c5ccccc5c4-c4cc5ccccc5[nH]4)nc23)c2nc[nH]c2c1. The zero-order valence-corrected chi connectivity index (χ0v) is 20.2. The highest BCUT2D eigenvalue weighted by molar-refractivity contribution is 6.32. The highest BCUT2D eigenvalue weighted by Crippen LogP contribution is 2.40. The van der Waals surface area contributed by atoms with Gasteiger partial charge in [0.15, 0.2) is 5.82 Å². The fourth-order valence-electron chi connectivity index (χ4n) is 5.40. The Balaban J connectivity index is 1.39. The summed E-state index contributed by atoms with van der Waals surface area (Å²) in [6, 6.07) is 28.9. The van der Waals surface area contributed by atoms with Gasteiger partial charge in [0.1, 0.15) is 0 Å². The minimum atomic E-state index is 0.649. The molecule has 0 radical (unpaired) electrons. The predicted molar refractivity (Wildman–Crippen MR) is 151 cm³/mol. The van der Waals surface area contributed by atoms with Crippen molar-refractivity contribution < 1.29 is 0 Å². The van der Waals surface area contributed by atoms with Gasteiger partial charge in [-0.25, -0.2) is 9.97 Å². The third kappa shape index (κ3) is 3.06. The zero-order valence-electron chi connectivity index (χ0n) is 19.4. The summed E-state index contributed by atoms with van der Waals surface area (Å²) in [6.07, 6.45) is 1.69. The smallest absolute Gasteiger partial charge is 0.155 e. The molecule has 0 saturated heterocycles. The second kappa shape index (κ2) is 7.59. The number of aromatic nitrogens is 6. The Labute approximate surface area is 215 Å². The van der Waals surface area contributed by atoms with E-state index in [1.54, 1.807) is 6.33 Å². The molecule has 0 atom stereocenters. The van der Waals surface area contributed by atoms with E-state index < -0.39 is 0 Å². The summed E-state index contributed by atoms with van der Waals surface area (Å²) in [5.74, 6) is 0.771. The summed E-state index contributed by atoms with van der Waals surface area (Å²) in [5.41, 5.74) is 10.7. The number of benzene rings is 4. The molecule has 0 aliphatic heterocycles. The molecule has 4 N–H and O–H groups in total. The minimum Gasteiger partial charge on any atom is -0.354 e. The first-order chi connectivity index (χ1) is 18.2. The van der Waals surface area contributed by atoms with Crippen LogP contribution in [0.4, 0.5) is 0 Å². The lowest BCUT2D eigenvalue weighted by Gasteiger charge is -2.05. The van der Waals surface area contributed by atoms with Crippen LogP contribution in [0.2, 0.25) is 5.02 Å². The standard InChI is InChI=1S/C30H19ClN6/c31-17-13-20(27-25(14-17)32-15-33-27)18-8-5-11-23-28(18)37-30(36-23)29-26(19-7-2-4-10-22(19)35-29)24-12-16-6-1-3-9-21(16)34-24/h1-15,34-35H,(H,32,33)(H,36,37). The van der Waals surface area contributed by atoms with Gasteiger partial charge in [-0.05, 0) is 36.4 Å². The van der Waals surface area contributed by atoms with Crippen LogP contribution in [0, 0.1) is 0 Å². The van der Waals surface area contributed by atoms with E-state index >= 15 is 0 Å². The molecule has 0 spiro atoms. The summed E-state index contributed by atoms with van der Waals surface area (Å²) in [7, 11) is 0. The second-order valence-electron chi connectivity index (χ2n) is 9.23. The number of nitrogens with one attached hydrogen (secondary N) is 4. The van der Waals surface area contributed by atoms with Gasteiger partial charge in [-0.3, -0.25) is 0 Å². The first kappa shape index (κ1) is 20.4. The highest BCUT2D eigenvalue weighted by atomic mass is 35.5. The largest absolute Gasteiger partial charge is 0.354 e. The van der Waals surface area contributed by atoms with Crippen molar-refractivity contribution in [3.8, 4) is 33.9 Å². The van der Waals surface area contributed by atoms with Gasteiger partial charge in [0.2, 0.25) is 0 Å². The van der Waals surface area contributed by atoms with Crippen LogP contribution >= 0.6 is 11.6 Å². The Bertz CT molecular complexity index is 2090. The summed E-state index contributed by atoms with van der Waals surface area (Å²) in [6.45, 7) is 0. The molecule has 0 amide bonds. The Kier molecular flexibility index (Phi) is 4.18. The molecule has 6 nitrogen and oxygen atoms in total. The molecule has 176 valence electrons. The van der Waals surface area contributed by atoms with Crippen LogP contribution in [0.5, 0.6) is 0 Å². The number of hydrogen-bond donors (Lipinski definition) is 4. The van der Waals surface area contributed by atoms with Crippen LogP contribution < -0.4 is 0 Å². The monoisotopic (exact) mass is 498 g/mol. The summed E-state index contributed by atoms with van der Waals surface area (Å²) >= 11 is 6.47. The maximum absolute atomic E-state index is 6.47. The summed E-state index contributed by atoms with van der Waals surface area (Å²) in [5, 5.41) is 2.96. The number of rotatable bonds is 3. The van der Waals surface area contributed by atoms with E-state index in [1.807, 2.05) is 36.4 Å². The summed E-state index contributed by atoms with van der Waals surface area (Å²) < 4.78 is 0. The number of imidazole rings is 2. The van der Waals surface area contributed by atoms with Crippen molar-refractivity contribution in [2.45, 2.75) is 0 Å². The average Bonchev–Trinajstić information content (AvgIpc) is 3.70. The van der Waals surface area contributed by atoms with Crippen LogP contribution in [-0.4, -0.2) is 29.9 Å². The molecule has 0 saturated carbocycles. The molecule has 0 aliphatic rings. The third-order valence-electron chi connectivity index (χ3n) is 7.03. The molecule has 7 heteroatoms. The summed E-state index contributed by atoms with van der Waals surface area (Å²) in [4.78, 5) is 23.6. The van der Waals surface area contributed by atoms with Crippen LogP contribution in [0.15, 0.2) is 91.3 Å². The molecule has 37 heavy (non-hydrogen) atoms. The minimum absolute atomic E-state index is 0.649. The Morgan fingerprint density at radius 2 is 1.49 bits per heavy atom. The topological polar surface area (TPSA) is 88.9 Å². The number of halogens is 1. The van der Waals surface area contributed by atoms with Gasteiger partial charge < -0.3 is 19.9 Å². The molecule has 8 rings (SSSR count). The first-order valence-electron chi connectivity index (χ1n) is 12.0. The number of H-pyrrole nitrogens is 4. The molecule has 8 aromatic rings. The van der Waals surface area contributed by atoms with Crippen molar-refractivity contribution in [3.05, 3.63) is 96.3 Å².